The summed E-state index contributed by atoms with van der Waals surface area (Å²) >= 11 is 3.49. The van der Waals surface area contributed by atoms with Gasteiger partial charge in [0.2, 0.25) is 0 Å². The Morgan fingerprint density at radius 1 is 1.33 bits per heavy atom. The number of piperidine rings is 1. The summed E-state index contributed by atoms with van der Waals surface area (Å²) < 4.78 is 0. The fourth-order valence-corrected chi connectivity index (χ4v) is 2.91. The Hall–Kier alpha value is 0.400. The normalized spacial score (nSPS) is 21.8. The van der Waals surface area contributed by atoms with Crippen LogP contribution in [0.4, 0.5) is 0 Å². The van der Waals surface area contributed by atoms with Gasteiger partial charge in [-0.3, -0.25) is 0 Å². The van der Waals surface area contributed by atoms with Gasteiger partial charge in [-0.05, 0) is 57.2 Å². The second kappa shape index (κ2) is 7.64. The molecule has 0 aromatic carbocycles. The van der Waals surface area contributed by atoms with Gasteiger partial charge in [-0.1, -0.05) is 22.9 Å². The van der Waals surface area contributed by atoms with Gasteiger partial charge in [0, 0.05) is 11.9 Å². The Morgan fingerprint density at radius 3 is 2.53 bits per heavy atom. The maximum Gasteiger partial charge on any atom is 0.0460 e. The quantitative estimate of drug-likeness (QED) is 0.755. The minimum absolute atomic E-state index is 0.383. The van der Waals surface area contributed by atoms with Gasteiger partial charge >= 0.3 is 0 Å². The average molecular weight is 278 g/mol. The van der Waals surface area contributed by atoms with Crippen molar-refractivity contribution in [1.29, 1.82) is 0 Å². The number of halogens is 1. The van der Waals surface area contributed by atoms with Crippen LogP contribution in [0, 0.1) is 11.8 Å². The van der Waals surface area contributed by atoms with E-state index in [0.717, 1.165) is 11.2 Å². The van der Waals surface area contributed by atoms with Crippen molar-refractivity contribution >= 4 is 15.9 Å². The molecule has 0 aromatic heterocycles. The Morgan fingerprint density at radius 2 is 2.00 bits per heavy atom. The van der Waals surface area contributed by atoms with Crippen molar-refractivity contribution in [3.8, 4) is 0 Å². The molecule has 2 nitrogen and oxygen atoms in total. The van der Waals surface area contributed by atoms with Crippen LogP contribution in [0.15, 0.2) is 0 Å². The first kappa shape index (κ1) is 13.5. The van der Waals surface area contributed by atoms with Gasteiger partial charge in [-0.2, -0.15) is 0 Å². The molecule has 1 aliphatic rings. The zero-order valence-corrected chi connectivity index (χ0v) is 11.4. The molecule has 0 amide bonds. The van der Waals surface area contributed by atoms with Crippen LogP contribution in [-0.2, 0) is 0 Å². The van der Waals surface area contributed by atoms with Gasteiger partial charge in [0.05, 0.1) is 0 Å². The van der Waals surface area contributed by atoms with Gasteiger partial charge in [0.15, 0.2) is 0 Å². The number of aliphatic hydroxyl groups excluding tert-OH is 1. The maximum absolute atomic E-state index is 9.04. The summed E-state index contributed by atoms with van der Waals surface area (Å²) in [5.74, 6) is 1.40. The van der Waals surface area contributed by atoms with Gasteiger partial charge in [-0.25, -0.2) is 0 Å². The minimum atomic E-state index is 0.383. The van der Waals surface area contributed by atoms with Crippen LogP contribution in [0.1, 0.15) is 32.6 Å². The molecule has 0 spiro atoms. The average Bonchev–Trinajstić information content (AvgIpc) is 2.27. The topological polar surface area (TPSA) is 23.5 Å². The van der Waals surface area contributed by atoms with Gasteiger partial charge in [-0.15, -0.1) is 0 Å². The number of alkyl halides is 1. The van der Waals surface area contributed by atoms with E-state index in [9.17, 15) is 0 Å². The molecule has 1 fully saturated rings. The highest BCUT2D eigenvalue weighted by Crippen LogP contribution is 2.18. The van der Waals surface area contributed by atoms with Crippen molar-refractivity contribution in [2.24, 2.45) is 11.8 Å². The highest BCUT2D eigenvalue weighted by atomic mass is 79.9. The Balaban J connectivity index is 2.08. The molecular weight excluding hydrogens is 254 g/mol. The van der Waals surface area contributed by atoms with E-state index in [1.165, 1.54) is 45.3 Å². The summed E-state index contributed by atoms with van der Waals surface area (Å²) in [4.78, 5) is 2.55. The summed E-state index contributed by atoms with van der Waals surface area (Å²) in [6.07, 6.45) is 4.97. The van der Waals surface area contributed by atoms with Crippen molar-refractivity contribution in [2.45, 2.75) is 32.6 Å². The zero-order valence-electron chi connectivity index (χ0n) is 9.79. The molecule has 90 valence electrons. The number of aliphatic hydroxyl groups is 1. The second-order valence-corrected chi connectivity index (χ2v) is 5.63. The number of nitrogens with zero attached hydrogens (tertiary/aromatic N) is 1. The van der Waals surface area contributed by atoms with E-state index >= 15 is 0 Å². The molecule has 0 aromatic rings. The van der Waals surface area contributed by atoms with Crippen LogP contribution in [-0.4, -0.2) is 41.6 Å². The molecular formula is C12H24BrNO. The third-order valence-corrected chi connectivity index (χ3v) is 3.96. The van der Waals surface area contributed by atoms with Gasteiger partial charge in [0.1, 0.15) is 0 Å². The number of hydrogen-bond donors (Lipinski definition) is 1. The monoisotopic (exact) mass is 277 g/mol. The van der Waals surface area contributed by atoms with E-state index in [4.69, 9.17) is 5.11 Å². The van der Waals surface area contributed by atoms with Crippen molar-refractivity contribution < 1.29 is 5.11 Å². The molecule has 1 atom stereocenters. The molecule has 3 heteroatoms. The molecule has 0 saturated carbocycles. The van der Waals surface area contributed by atoms with Crippen molar-refractivity contribution in [3.05, 3.63) is 0 Å². The van der Waals surface area contributed by atoms with Crippen LogP contribution < -0.4 is 0 Å². The van der Waals surface area contributed by atoms with E-state index in [1.54, 1.807) is 0 Å². The Bertz CT molecular complexity index is 158. The predicted molar refractivity (Wildman–Crippen MR) is 68.4 cm³/mol. The number of rotatable bonds is 6. The lowest BCUT2D eigenvalue weighted by Gasteiger charge is -2.31. The number of likely N-dealkylation sites (tertiary alicyclic amines) is 1. The second-order valence-electron chi connectivity index (χ2n) is 4.84. The lowest BCUT2D eigenvalue weighted by atomic mass is 9.97. The van der Waals surface area contributed by atoms with Crippen molar-refractivity contribution in [3.63, 3.8) is 0 Å². The SMILES string of the molecule is CC(CCBr)CCN1CCC(CO)CC1. The molecule has 1 aliphatic heterocycles. The first-order chi connectivity index (χ1) is 7.26. The third kappa shape index (κ3) is 5.32. The summed E-state index contributed by atoms with van der Waals surface area (Å²) in [6, 6.07) is 0. The minimum Gasteiger partial charge on any atom is -0.396 e. The fraction of sp³-hybridized carbons (Fsp3) is 1.00. The maximum atomic E-state index is 9.04. The van der Waals surface area contributed by atoms with E-state index in [-0.39, 0.29) is 0 Å². The molecule has 1 N–H and O–H groups in total. The summed E-state index contributed by atoms with van der Waals surface area (Å²) in [6.45, 7) is 6.33. The lowest BCUT2D eigenvalue weighted by Crippen LogP contribution is -2.35. The highest BCUT2D eigenvalue weighted by molar-refractivity contribution is 9.09. The lowest BCUT2D eigenvalue weighted by molar-refractivity contribution is 0.127. The number of hydrogen-bond acceptors (Lipinski definition) is 2. The largest absolute Gasteiger partial charge is 0.396 e. The van der Waals surface area contributed by atoms with Crippen LogP contribution in [0.2, 0.25) is 0 Å². The van der Waals surface area contributed by atoms with Crippen molar-refractivity contribution in [2.75, 3.05) is 31.6 Å². The molecule has 1 unspecified atom stereocenters. The zero-order chi connectivity index (χ0) is 11.1. The van der Waals surface area contributed by atoms with E-state index in [2.05, 4.69) is 27.8 Å². The van der Waals surface area contributed by atoms with Crippen LogP contribution in [0.3, 0.4) is 0 Å². The molecule has 0 radical (unpaired) electrons. The summed E-state index contributed by atoms with van der Waals surface area (Å²) in [5.41, 5.74) is 0. The molecule has 1 rings (SSSR count). The Labute approximate surface area is 102 Å². The molecule has 0 aliphatic carbocycles. The first-order valence-corrected chi connectivity index (χ1v) is 7.27. The van der Waals surface area contributed by atoms with Gasteiger partial charge < -0.3 is 10.0 Å². The predicted octanol–water partition coefficient (Wildman–Crippen LogP) is 2.50. The Kier molecular flexibility index (Phi) is 6.86. The van der Waals surface area contributed by atoms with E-state index in [0.29, 0.717) is 12.5 Å². The third-order valence-electron chi connectivity index (χ3n) is 3.51. The molecule has 1 heterocycles. The van der Waals surface area contributed by atoms with E-state index < -0.39 is 0 Å². The standard InChI is InChI=1S/C12H24BrNO/c1-11(2-6-13)3-7-14-8-4-12(10-15)5-9-14/h11-12,15H,2-10H2,1H3. The molecule has 1 saturated heterocycles. The van der Waals surface area contributed by atoms with Gasteiger partial charge in [0.25, 0.3) is 0 Å². The summed E-state index contributed by atoms with van der Waals surface area (Å²) in [7, 11) is 0. The van der Waals surface area contributed by atoms with Crippen LogP contribution in [0.25, 0.3) is 0 Å². The van der Waals surface area contributed by atoms with Crippen molar-refractivity contribution in [1.82, 2.24) is 4.90 Å². The molecule has 0 bridgehead atoms. The first-order valence-electron chi connectivity index (χ1n) is 6.15. The molecule has 15 heavy (non-hydrogen) atoms. The fourth-order valence-electron chi connectivity index (χ4n) is 2.13. The van der Waals surface area contributed by atoms with E-state index in [1.807, 2.05) is 0 Å². The highest BCUT2D eigenvalue weighted by Gasteiger charge is 2.18. The summed E-state index contributed by atoms with van der Waals surface area (Å²) in [5, 5.41) is 10.2. The van der Waals surface area contributed by atoms with Crippen LogP contribution >= 0.6 is 15.9 Å². The smallest absolute Gasteiger partial charge is 0.0460 e. The van der Waals surface area contributed by atoms with Crippen LogP contribution in [0.5, 0.6) is 0 Å².